The van der Waals surface area contributed by atoms with E-state index in [1.807, 2.05) is 18.2 Å². The standard InChI is InChI=1S/C30H29BrN4O2/c1-19(2)26-13-22(15-32)14-27-28(26)37-30(34-27)24-7-5-23(6-8-24)29(36)33-16-21-11-12-35(18-21)17-20-3-9-25(31)10-4-20/h3-10,13-14,19,21H,11-12,16-18H2,1-2H3,(H,33,36). The van der Waals surface area contributed by atoms with Gasteiger partial charge in [-0.3, -0.25) is 9.69 Å². The van der Waals surface area contributed by atoms with Crippen molar-refractivity contribution >= 4 is 32.9 Å². The molecule has 7 heteroatoms. The molecule has 4 aromatic rings. The van der Waals surface area contributed by atoms with E-state index in [2.05, 4.69) is 75.3 Å². The quantitative estimate of drug-likeness (QED) is 0.280. The van der Waals surface area contributed by atoms with Gasteiger partial charge in [-0.1, -0.05) is 41.9 Å². The minimum Gasteiger partial charge on any atom is -0.436 e. The highest BCUT2D eigenvalue weighted by atomic mass is 79.9. The molecule has 0 bridgehead atoms. The molecule has 1 amide bonds. The lowest BCUT2D eigenvalue weighted by Gasteiger charge is -2.16. The fourth-order valence-electron chi connectivity index (χ4n) is 4.85. The summed E-state index contributed by atoms with van der Waals surface area (Å²) in [4.78, 5) is 19.8. The van der Waals surface area contributed by atoms with E-state index >= 15 is 0 Å². The van der Waals surface area contributed by atoms with Crippen molar-refractivity contribution in [2.75, 3.05) is 19.6 Å². The number of oxazole rings is 1. The molecule has 1 atom stereocenters. The molecular formula is C30H29BrN4O2. The van der Waals surface area contributed by atoms with Crippen LogP contribution in [0, 0.1) is 17.2 Å². The largest absolute Gasteiger partial charge is 0.436 e. The second-order valence-electron chi connectivity index (χ2n) is 10.0. The summed E-state index contributed by atoms with van der Waals surface area (Å²) in [6.07, 6.45) is 1.08. The highest BCUT2D eigenvalue weighted by molar-refractivity contribution is 9.10. The van der Waals surface area contributed by atoms with Gasteiger partial charge in [-0.15, -0.1) is 0 Å². The number of carbonyl (C=O) groups is 1. The van der Waals surface area contributed by atoms with Crippen molar-refractivity contribution in [3.8, 4) is 17.5 Å². The Hall–Kier alpha value is -3.47. The highest BCUT2D eigenvalue weighted by Crippen LogP contribution is 2.31. The molecule has 1 aromatic heterocycles. The molecule has 0 radical (unpaired) electrons. The minimum atomic E-state index is -0.0729. The number of nitrogens with one attached hydrogen (secondary N) is 1. The van der Waals surface area contributed by atoms with Crippen LogP contribution >= 0.6 is 15.9 Å². The molecule has 37 heavy (non-hydrogen) atoms. The molecule has 1 unspecified atom stereocenters. The maximum Gasteiger partial charge on any atom is 0.251 e. The summed E-state index contributed by atoms with van der Waals surface area (Å²) < 4.78 is 7.18. The molecule has 1 aliphatic rings. The zero-order valence-electron chi connectivity index (χ0n) is 21.0. The van der Waals surface area contributed by atoms with Crippen LogP contribution in [0.3, 0.4) is 0 Å². The molecule has 188 valence electrons. The molecule has 0 aliphatic carbocycles. The number of nitrogens with zero attached hydrogens (tertiary/aromatic N) is 3. The molecule has 1 fully saturated rings. The molecule has 5 rings (SSSR count). The average Bonchev–Trinajstić information content (AvgIpc) is 3.54. The molecule has 0 spiro atoms. The predicted molar refractivity (Wildman–Crippen MR) is 148 cm³/mol. The van der Waals surface area contributed by atoms with Crippen LogP contribution in [-0.4, -0.2) is 35.4 Å². The lowest BCUT2D eigenvalue weighted by atomic mass is 10.00. The summed E-state index contributed by atoms with van der Waals surface area (Å²) >= 11 is 3.48. The molecule has 0 saturated carbocycles. The predicted octanol–water partition coefficient (Wildman–Crippen LogP) is 6.50. The van der Waals surface area contributed by atoms with E-state index in [1.54, 1.807) is 18.2 Å². The number of hydrogen-bond donors (Lipinski definition) is 1. The van der Waals surface area contributed by atoms with Crippen LogP contribution in [0.25, 0.3) is 22.6 Å². The normalized spacial score (nSPS) is 15.8. The topological polar surface area (TPSA) is 82.2 Å². The number of hydrogen-bond acceptors (Lipinski definition) is 5. The Morgan fingerprint density at radius 2 is 1.95 bits per heavy atom. The van der Waals surface area contributed by atoms with E-state index in [1.165, 1.54) is 5.56 Å². The molecule has 1 N–H and O–H groups in total. The van der Waals surface area contributed by atoms with Gasteiger partial charge in [0.1, 0.15) is 5.52 Å². The minimum absolute atomic E-state index is 0.0729. The first-order valence-corrected chi connectivity index (χ1v) is 13.4. The van der Waals surface area contributed by atoms with Crippen LogP contribution in [0.2, 0.25) is 0 Å². The van der Waals surface area contributed by atoms with Crippen LogP contribution in [0.5, 0.6) is 0 Å². The monoisotopic (exact) mass is 556 g/mol. The van der Waals surface area contributed by atoms with Gasteiger partial charge < -0.3 is 9.73 Å². The Bertz CT molecular complexity index is 1450. The van der Waals surface area contributed by atoms with Gasteiger partial charge >= 0.3 is 0 Å². The maximum absolute atomic E-state index is 12.8. The van der Waals surface area contributed by atoms with Crippen molar-refractivity contribution in [3.63, 3.8) is 0 Å². The Labute approximate surface area is 225 Å². The Balaban J connectivity index is 1.19. The van der Waals surface area contributed by atoms with Gasteiger partial charge in [0.15, 0.2) is 5.58 Å². The number of likely N-dealkylation sites (tertiary alicyclic amines) is 1. The third-order valence-electron chi connectivity index (χ3n) is 6.90. The zero-order valence-corrected chi connectivity index (χ0v) is 22.6. The van der Waals surface area contributed by atoms with Gasteiger partial charge in [-0.25, -0.2) is 4.98 Å². The molecule has 1 saturated heterocycles. The number of rotatable bonds is 7. The number of aromatic nitrogens is 1. The first-order valence-electron chi connectivity index (χ1n) is 12.6. The smallest absolute Gasteiger partial charge is 0.251 e. The van der Waals surface area contributed by atoms with E-state index in [0.717, 1.165) is 41.7 Å². The van der Waals surface area contributed by atoms with Gasteiger partial charge in [-0.05, 0) is 78.9 Å². The number of benzene rings is 3. The van der Waals surface area contributed by atoms with Crippen LogP contribution in [0.4, 0.5) is 0 Å². The van der Waals surface area contributed by atoms with Gasteiger partial charge in [-0.2, -0.15) is 5.26 Å². The molecule has 2 heterocycles. The molecule has 6 nitrogen and oxygen atoms in total. The van der Waals surface area contributed by atoms with Crippen LogP contribution in [0.15, 0.2) is 69.6 Å². The number of nitriles is 1. The summed E-state index contributed by atoms with van der Waals surface area (Å²) in [7, 11) is 0. The SMILES string of the molecule is CC(C)c1cc(C#N)cc2nc(-c3ccc(C(=O)NCC4CCN(Cc5ccc(Br)cc5)C4)cc3)oc12. The Kier molecular flexibility index (Phi) is 7.40. The van der Waals surface area contributed by atoms with E-state index in [0.29, 0.717) is 40.6 Å². The molecular weight excluding hydrogens is 528 g/mol. The fourth-order valence-corrected chi connectivity index (χ4v) is 5.11. The molecule has 1 aliphatic heterocycles. The van der Waals surface area contributed by atoms with Crippen molar-refractivity contribution in [2.24, 2.45) is 5.92 Å². The van der Waals surface area contributed by atoms with E-state index in [-0.39, 0.29) is 11.8 Å². The molecule has 3 aromatic carbocycles. The Morgan fingerprint density at radius 3 is 2.65 bits per heavy atom. The van der Waals surface area contributed by atoms with Crippen molar-refractivity contribution in [1.29, 1.82) is 5.26 Å². The number of fused-ring (bicyclic) bond motifs is 1. The van der Waals surface area contributed by atoms with Gasteiger partial charge in [0.05, 0.1) is 11.6 Å². The third-order valence-corrected chi connectivity index (χ3v) is 7.43. The summed E-state index contributed by atoms with van der Waals surface area (Å²) in [5, 5.41) is 12.5. The van der Waals surface area contributed by atoms with E-state index in [4.69, 9.17) is 4.42 Å². The van der Waals surface area contributed by atoms with Crippen LogP contribution in [-0.2, 0) is 6.54 Å². The number of amides is 1. The summed E-state index contributed by atoms with van der Waals surface area (Å²) in [5.74, 6) is 1.06. The highest BCUT2D eigenvalue weighted by Gasteiger charge is 2.23. The number of carbonyl (C=O) groups excluding carboxylic acids is 1. The van der Waals surface area contributed by atoms with Crippen molar-refractivity contribution in [1.82, 2.24) is 15.2 Å². The number of halogens is 1. The summed E-state index contributed by atoms with van der Waals surface area (Å²) in [5.41, 5.74) is 5.62. The van der Waals surface area contributed by atoms with Gasteiger partial charge in [0, 0.05) is 40.8 Å². The van der Waals surface area contributed by atoms with Crippen LogP contribution in [0.1, 0.15) is 53.2 Å². The fraction of sp³-hybridized carbons (Fsp3) is 0.300. The lowest BCUT2D eigenvalue weighted by Crippen LogP contribution is -2.30. The van der Waals surface area contributed by atoms with Crippen LogP contribution < -0.4 is 5.32 Å². The zero-order chi connectivity index (χ0) is 25.9. The third kappa shape index (κ3) is 5.76. The second kappa shape index (κ2) is 10.9. The van der Waals surface area contributed by atoms with Crippen molar-refractivity contribution < 1.29 is 9.21 Å². The summed E-state index contributed by atoms with van der Waals surface area (Å²) in [6, 6.07) is 21.6. The van der Waals surface area contributed by atoms with Gasteiger partial charge in [0.2, 0.25) is 5.89 Å². The maximum atomic E-state index is 12.8. The van der Waals surface area contributed by atoms with E-state index in [9.17, 15) is 10.1 Å². The van der Waals surface area contributed by atoms with E-state index < -0.39 is 0 Å². The second-order valence-corrected chi connectivity index (χ2v) is 10.9. The first kappa shape index (κ1) is 25.2. The average molecular weight is 557 g/mol. The van der Waals surface area contributed by atoms with Gasteiger partial charge in [0.25, 0.3) is 5.91 Å². The summed E-state index contributed by atoms with van der Waals surface area (Å²) in [6.45, 7) is 7.77. The van der Waals surface area contributed by atoms with Crippen molar-refractivity contribution in [3.05, 3.63) is 87.4 Å². The lowest BCUT2D eigenvalue weighted by molar-refractivity contribution is 0.0947. The van der Waals surface area contributed by atoms with Crippen molar-refractivity contribution in [2.45, 2.75) is 32.7 Å². The first-order chi connectivity index (χ1) is 17.9. The Morgan fingerprint density at radius 1 is 1.19 bits per heavy atom.